The van der Waals surface area contributed by atoms with Gasteiger partial charge in [0, 0.05) is 5.56 Å². The van der Waals surface area contributed by atoms with Crippen LogP contribution in [0, 0.1) is 10.8 Å². The minimum absolute atomic E-state index is 0.302. The van der Waals surface area contributed by atoms with Gasteiger partial charge in [-0.3, -0.25) is 10.8 Å². The zero-order chi connectivity index (χ0) is 10.6. The Kier molecular flexibility index (Phi) is 3.85. The van der Waals surface area contributed by atoms with E-state index in [0.717, 1.165) is 17.3 Å². The van der Waals surface area contributed by atoms with Crippen molar-refractivity contribution in [3.63, 3.8) is 0 Å². The third-order valence-corrected chi connectivity index (χ3v) is 2.69. The molecule has 0 saturated heterocycles. The number of nitrogens with one attached hydrogen (secondary N) is 2. The number of thioether (sulfide) groups is 1. The number of nitrogens with two attached hydrogens (primary N) is 1. The first-order valence-corrected chi connectivity index (χ1v) is 5.08. The second-order valence-corrected chi connectivity index (χ2v) is 4.00. The smallest absolute Gasteiger partial charge is 0.100 e. The lowest BCUT2D eigenvalue weighted by molar-refractivity contribution is 0.983. The fraction of sp³-hybridized carbons (Fsp3) is 0.200. The first-order valence-electron chi connectivity index (χ1n) is 4.27. The number of hydrogen-bond acceptors (Lipinski definition) is 4. The molecule has 4 heteroatoms. The van der Waals surface area contributed by atoms with Crippen molar-refractivity contribution in [2.45, 2.75) is 13.0 Å². The van der Waals surface area contributed by atoms with Crippen molar-refractivity contribution in [3.05, 3.63) is 35.9 Å². The van der Waals surface area contributed by atoms with Crippen molar-refractivity contribution in [1.82, 2.24) is 0 Å². The Morgan fingerprint density at radius 3 is 2.36 bits per heavy atom. The minimum atomic E-state index is -0.302. The standard InChI is InChI=1S/C10H13N3S/c1-7(11)9(12)14-10(13)8-5-3-2-4-6-8/h2-7,12-13H,11H2,1H3/t7-/m1/s1. The molecule has 0 bridgehead atoms. The molecule has 74 valence electrons. The van der Waals surface area contributed by atoms with Gasteiger partial charge in [-0.05, 0) is 6.92 Å². The molecule has 4 N–H and O–H groups in total. The van der Waals surface area contributed by atoms with Crippen LogP contribution < -0.4 is 5.73 Å². The van der Waals surface area contributed by atoms with E-state index in [-0.39, 0.29) is 6.04 Å². The molecule has 0 unspecified atom stereocenters. The van der Waals surface area contributed by atoms with Crippen molar-refractivity contribution in [1.29, 1.82) is 10.8 Å². The molecule has 0 radical (unpaired) electrons. The van der Waals surface area contributed by atoms with Gasteiger partial charge in [-0.1, -0.05) is 42.1 Å². The summed E-state index contributed by atoms with van der Waals surface area (Å²) in [6.45, 7) is 1.74. The number of rotatable bonds is 2. The van der Waals surface area contributed by atoms with Crippen LogP contribution >= 0.6 is 11.8 Å². The topological polar surface area (TPSA) is 73.7 Å². The van der Waals surface area contributed by atoms with E-state index >= 15 is 0 Å². The highest BCUT2D eigenvalue weighted by Crippen LogP contribution is 2.14. The Balaban J connectivity index is 2.65. The summed E-state index contributed by atoms with van der Waals surface area (Å²) in [7, 11) is 0. The normalized spacial score (nSPS) is 12.1. The van der Waals surface area contributed by atoms with E-state index in [0.29, 0.717) is 10.1 Å². The highest BCUT2D eigenvalue weighted by molar-refractivity contribution is 8.26. The molecule has 0 fully saturated rings. The molecular weight excluding hydrogens is 194 g/mol. The fourth-order valence-corrected chi connectivity index (χ4v) is 1.51. The van der Waals surface area contributed by atoms with Gasteiger partial charge < -0.3 is 5.73 Å². The average molecular weight is 207 g/mol. The molecular formula is C10H13N3S. The van der Waals surface area contributed by atoms with Crippen molar-refractivity contribution in [2.24, 2.45) is 5.73 Å². The molecule has 0 heterocycles. The molecule has 0 aliphatic heterocycles. The van der Waals surface area contributed by atoms with Crippen LogP contribution in [0.5, 0.6) is 0 Å². The highest BCUT2D eigenvalue weighted by Gasteiger charge is 2.08. The Morgan fingerprint density at radius 2 is 1.86 bits per heavy atom. The maximum Gasteiger partial charge on any atom is 0.100 e. The maximum absolute atomic E-state index is 7.72. The van der Waals surface area contributed by atoms with Crippen LogP contribution in [-0.2, 0) is 0 Å². The molecule has 3 nitrogen and oxygen atoms in total. The lowest BCUT2D eigenvalue weighted by Gasteiger charge is -2.07. The van der Waals surface area contributed by atoms with Gasteiger partial charge in [-0.2, -0.15) is 0 Å². The van der Waals surface area contributed by atoms with Gasteiger partial charge in [0.1, 0.15) is 5.04 Å². The van der Waals surface area contributed by atoms with E-state index in [1.807, 2.05) is 30.3 Å². The monoisotopic (exact) mass is 207 g/mol. The molecule has 0 amide bonds. The van der Waals surface area contributed by atoms with Gasteiger partial charge in [0.2, 0.25) is 0 Å². The summed E-state index contributed by atoms with van der Waals surface area (Å²) >= 11 is 1.10. The molecule has 14 heavy (non-hydrogen) atoms. The van der Waals surface area contributed by atoms with Crippen LogP contribution in [0.15, 0.2) is 30.3 Å². The summed E-state index contributed by atoms with van der Waals surface area (Å²) < 4.78 is 0. The second kappa shape index (κ2) is 4.93. The molecule has 0 saturated carbocycles. The summed E-state index contributed by atoms with van der Waals surface area (Å²) in [5, 5.41) is 15.9. The van der Waals surface area contributed by atoms with Crippen molar-refractivity contribution in [2.75, 3.05) is 0 Å². The highest BCUT2D eigenvalue weighted by atomic mass is 32.2. The van der Waals surface area contributed by atoms with E-state index < -0.39 is 0 Å². The van der Waals surface area contributed by atoms with Gasteiger partial charge >= 0.3 is 0 Å². The lowest BCUT2D eigenvalue weighted by Crippen LogP contribution is -2.24. The van der Waals surface area contributed by atoms with Crippen molar-refractivity contribution in [3.8, 4) is 0 Å². The zero-order valence-corrected chi connectivity index (χ0v) is 8.77. The summed E-state index contributed by atoms with van der Waals surface area (Å²) in [5.74, 6) is 0. The summed E-state index contributed by atoms with van der Waals surface area (Å²) in [4.78, 5) is 0. The molecule has 1 aromatic carbocycles. The van der Waals surface area contributed by atoms with E-state index in [4.69, 9.17) is 16.6 Å². The van der Waals surface area contributed by atoms with E-state index in [9.17, 15) is 0 Å². The van der Waals surface area contributed by atoms with Crippen LogP contribution in [0.2, 0.25) is 0 Å². The third-order valence-electron chi connectivity index (χ3n) is 1.66. The second-order valence-electron chi connectivity index (χ2n) is 2.95. The summed E-state index contributed by atoms with van der Waals surface area (Å²) in [5.41, 5.74) is 6.34. The zero-order valence-electron chi connectivity index (χ0n) is 7.95. The number of benzene rings is 1. The predicted molar refractivity (Wildman–Crippen MR) is 62.2 cm³/mol. The largest absolute Gasteiger partial charge is 0.322 e. The SMILES string of the molecule is C[C@@H](N)C(=N)SC(=N)c1ccccc1. The van der Waals surface area contributed by atoms with Crippen LogP contribution in [0.3, 0.4) is 0 Å². The van der Waals surface area contributed by atoms with Gasteiger partial charge in [-0.25, -0.2) is 0 Å². The minimum Gasteiger partial charge on any atom is -0.322 e. The molecule has 0 aromatic heterocycles. The maximum atomic E-state index is 7.72. The molecule has 0 aliphatic rings. The molecule has 0 spiro atoms. The van der Waals surface area contributed by atoms with E-state index in [1.165, 1.54) is 0 Å². The van der Waals surface area contributed by atoms with Gasteiger partial charge in [-0.15, -0.1) is 0 Å². The molecule has 1 atom stereocenters. The Morgan fingerprint density at radius 1 is 1.29 bits per heavy atom. The average Bonchev–Trinajstić information content (AvgIpc) is 2.19. The Labute approximate surface area is 87.7 Å². The van der Waals surface area contributed by atoms with Gasteiger partial charge in [0.15, 0.2) is 0 Å². The molecule has 1 rings (SSSR count). The van der Waals surface area contributed by atoms with E-state index in [2.05, 4.69) is 0 Å². The molecule has 0 aliphatic carbocycles. The molecule has 1 aromatic rings. The van der Waals surface area contributed by atoms with Gasteiger partial charge in [0.05, 0.1) is 11.1 Å². The van der Waals surface area contributed by atoms with E-state index in [1.54, 1.807) is 6.92 Å². The summed E-state index contributed by atoms with van der Waals surface area (Å²) in [6.07, 6.45) is 0. The van der Waals surface area contributed by atoms with Crippen LogP contribution in [-0.4, -0.2) is 16.1 Å². The lowest BCUT2D eigenvalue weighted by atomic mass is 10.2. The summed E-state index contributed by atoms with van der Waals surface area (Å²) in [6, 6.07) is 9.05. The third kappa shape index (κ3) is 2.97. The van der Waals surface area contributed by atoms with Crippen molar-refractivity contribution < 1.29 is 0 Å². The predicted octanol–water partition coefficient (Wildman–Crippen LogP) is 2.07. The van der Waals surface area contributed by atoms with Crippen molar-refractivity contribution >= 4 is 21.8 Å². The fourth-order valence-electron chi connectivity index (χ4n) is 0.851. The number of hydrogen-bond donors (Lipinski definition) is 3. The Hall–Kier alpha value is -1.13. The quantitative estimate of drug-likeness (QED) is 0.513. The Bertz CT molecular complexity index is 332. The van der Waals surface area contributed by atoms with Gasteiger partial charge in [0.25, 0.3) is 0 Å². The first kappa shape index (κ1) is 10.9. The van der Waals surface area contributed by atoms with Crippen LogP contribution in [0.4, 0.5) is 0 Å². The van der Waals surface area contributed by atoms with Crippen LogP contribution in [0.1, 0.15) is 12.5 Å². The van der Waals surface area contributed by atoms with Crippen LogP contribution in [0.25, 0.3) is 0 Å². The first-order chi connectivity index (χ1) is 6.61.